The Kier molecular flexibility index (Phi) is 2.53. The van der Waals surface area contributed by atoms with Gasteiger partial charge in [-0.1, -0.05) is 36.4 Å². The summed E-state index contributed by atoms with van der Waals surface area (Å²) in [7, 11) is 1.61. The van der Waals surface area contributed by atoms with Crippen molar-refractivity contribution in [1.82, 2.24) is 0 Å². The second-order valence-corrected chi connectivity index (χ2v) is 5.40. The predicted octanol–water partition coefficient (Wildman–Crippen LogP) is 3.10. The SMILES string of the molecule is COc1cc2c(c3ccc4ccccc4c13)CC(O)C2=O. The number of ether oxygens (including phenoxy) is 1. The minimum absolute atomic E-state index is 0.210. The molecule has 3 heteroatoms. The first-order valence-electron chi connectivity index (χ1n) is 6.94. The van der Waals surface area contributed by atoms with Gasteiger partial charge in [-0.15, -0.1) is 0 Å². The number of aliphatic hydroxyl groups is 1. The maximum atomic E-state index is 12.1. The molecule has 104 valence electrons. The molecule has 3 aromatic rings. The third kappa shape index (κ3) is 1.61. The number of benzene rings is 3. The van der Waals surface area contributed by atoms with Gasteiger partial charge in [0.1, 0.15) is 11.9 Å². The van der Waals surface area contributed by atoms with Crippen molar-refractivity contribution in [2.45, 2.75) is 12.5 Å². The first-order chi connectivity index (χ1) is 10.2. The first-order valence-corrected chi connectivity index (χ1v) is 6.94. The Bertz CT molecular complexity index is 896. The van der Waals surface area contributed by atoms with Crippen LogP contribution in [0.3, 0.4) is 0 Å². The molecule has 0 bridgehead atoms. The van der Waals surface area contributed by atoms with Crippen LogP contribution in [0.15, 0.2) is 42.5 Å². The fraction of sp³-hybridized carbons (Fsp3) is 0.167. The van der Waals surface area contributed by atoms with Crippen molar-refractivity contribution in [1.29, 1.82) is 0 Å². The fourth-order valence-corrected chi connectivity index (χ4v) is 3.29. The third-order valence-electron chi connectivity index (χ3n) is 4.29. The van der Waals surface area contributed by atoms with Crippen LogP contribution in [0.25, 0.3) is 21.5 Å². The van der Waals surface area contributed by atoms with Crippen LogP contribution >= 0.6 is 0 Å². The van der Waals surface area contributed by atoms with Crippen LogP contribution in [0.1, 0.15) is 15.9 Å². The Morgan fingerprint density at radius 1 is 1.14 bits per heavy atom. The average molecular weight is 278 g/mol. The second-order valence-electron chi connectivity index (χ2n) is 5.40. The van der Waals surface area contributed by atoms with Gasteiger partial charge in [0, 0.05) is 17.4 Å². The summed E-state index contributed by atoms with van der Waals surface area (Å²) in [6.45, 7) is 0. The minimum atomic E-state index is -0.929. The maximum Gasteiger partial charge on any atom is 0.192 e. The third-order valence-corrected chi connectivity index (χ3v) is 4.29. The Morgan fingerprint density at radius 2 is 1.95 bits per heavy atom. The van der Waals surface area contributed by atoms with E-state index in [4.69, 9.17) is 4.74 Å². The first kappa shape index (κ1) is 12.4. The number of Topliss-reactive ketones (excluding diaryl/α,β-unsaturated/α-hetero) is 1. The van der Waals surface area contributed by atoms with Gasteiger partial charge in [-0.3, -0.25) is 4.79 Å². The van der Waals surface area contributed by atoms with Gasteiger partial charge in [0.25, 0.3) is 0 Å². The average Bonchev–Trinajstić information content (AvgIpc) is 2.81. The smallest absolute Gasteiger partial charge is 0.192 e. The van der Waals surface area contributed by atoms with E-state index in [0.717, 1.165) is 27.1 Å². The predicted molar refractivity (Wildman–Crippen MR) is 82.0 cm³/mol. The van der Waals surface area contributed by atoms with Crippen LogP contribution < -0.4 is 4.74 Å². The number of methoxy groups -OCH3 is 1. The van der Waals surface area contributed by atoms with E-state index in [2.05, 4.69) is 12.1 Å². The zero-order valence-corrected chi connectivity index (χ0v) is 11.6. The summed E-state index contributed by atoms with van der Waals surface area (Å²) >= 11 is 0. The van der Waals surface area contributed by atoms with Gasteiger partial charge < -0.3 is 9.84 Å². The molecule has 3 nitrogen and oxygen atoms in total. The summed E-state index contributed by atoms with van der Waals surface area (Å²) in [5, 5.41) is 14.1. The zero-order valence-electron chi connectivity index (χ0n) is 11.6. The van der Waals surface area contributed by atoms with E-state index >= 15 is 0 Å². The van der Waals surface area contributed by atoms with Crippen LogP contribution in [-0.2, 0) is 6.42 Å². The fourth-order valence-electron chi connectivity index (χ4n) is 3.29. The molecule has 0 spiro atoms. The van der Waals surface area contributed by atoms with E-state index in [1.54, 1.807) is 13.2 Å². The Morgan fingerprint density at radius 3 is 2.76 bits per heavy atom. The summed E-state index contributed by atoms with van der Waals surface area (Å²) in [5.74, 6) is 0.473. The lowest BCUT2D eigenvalue weighted by Gasteiger charge is -2.12. The molecule has 0 fully saturated rings. The summed E-state index contributed by atoms with van der Waals surface area (Å²) in [4.78, 5) is 12.1. The minimum Gasteiger partial charge on any atom is -0.496 e. The molecule has 4 rings (SSSR count). The highest BCUT2D eigenvalue weighted by molar-refractivity contribution is 6.16. The van der Waals surface area contributed by atoms with Crippen molar-refractivity contribution < 1.29 is 14.6 Å². The van der Waals surface area contributed by atoms with Crippen LogP contribution in [-0.4, -0.2) is 24.1 Å². The maximum absolute atomic E-state index is 12.1. The molecule has 3 aromatic carbocycles. The van der Waals surface area contributed by atoms with Crippen molar-refractivity contribution >= 4 is 27.3 Å². The molecule has 0 saturated carbocycles. The largest absolute Gasteiger partial charge is 0.496 e. The van der Waals surface area contributed by atoms with Crippen molar-refractivity contribution in [3.63, 3.8) is 0 Å². The monoisotopic (exact) mass is 278 g/mol. The van der Waals surface area contributed by atoms with Crippen molar-refractivity contribution in [3.05, 3.63) is 53.6 Å². The lowest BCUT2D eigenvalue weighted by molar-refractivity contribution is 0.0780. The highest BCUT2D eigenvalue weighted by Gasteiger charge is 2.31. The molecule has 0 amide bonds. The summed E-state index contributed by atoms with van der Waals surface area (Å²) < 4.78 is 5.51. The van der Waals surface area contributed by atoms with Crippen LogP contribution in [0.5, 0.6) is 5.75 Å². The number of rotatable bonds is 1. The molecule has 0 radical (unpaired) electrons. The summed E-state index contributed by atoms with van der Waals surface area (Å²) in [5.41, 5.74) is 1.51. The molecule has 1 unspecified atom stereocenters. The van der Waals surface area contributed by atoms with Gasteiger partial charge >= 0.3 is 0 Å². The quantitative estimate of drug-likeness (QED) is 0.696. The second kappa shape index (κ2) is 4.30. The molecule has 1 aliphatic carbocycles. The van der Waals surface area contributed by atoms with Crippen molar-refractivity contribution in [2.75, 3.05) is 7.11 Å². The van der Waals surface area contributed by atoms with Gasteiger partial charge in [-0.05, 0) is 27.8 Å². The number of carbonyl (C=O) groups is 1. The number of carbonyl (C=O) groups excluding carboxylic acids is 1. The highest BCUT2D eigenvalue weighted by Crippen LogP contribution is 2.40. The van der Waals surface area contributed by atoms with Gasteiger partial charge in [0.15, 0.2) is 5.78 Å². The standard InChI is InChI=1S/C18H14O3/c1-21-16-9-14-13(8-15(19)18(14)20)12-7-6-10-4-2-3-5-11(10)17(12)16/h2-7,9,15,19H,8H2,1H3. The van der Waals surface area contributed by atoms with Crippen LogP contribution in [0, 0.1) is 0 Å². The zero-order chi connectivity index (χ0) is 14.6. The molecule has 0 aliphatic heterocycles. The lowest BCUT2D eigenvalue weighted by Crippen LogP contribution is -2.13. The number of hydrogen-bond donors (Lipinski definition) is 1. The van der Waals surface area contributed by atoms with Gasteiger partial charge in [-0.2, -0.15) is 0 Å². The van der Waals surface area contributed by atoms with Crippen LogP contribution in [0.4, 0.5) is 0 Å². The van der Waals surface area contributed by atoms with E-state index in [0.29, 0.717) is 17.7 Å². The normalized spacial score (nSPS) is 17.4. The Labute approximate surface area is 121 Å². The topological polar surface area (TPSA) is 46.5 Å². The molecule has 0 aromatic heterocycles. The van der Waals surface area contributed by atoms with Gasteiger partial charge in [0.2, 0.25) is 0 Å². The van der Waals surface area contributed by atoms with Gasteiger partial charge in [0.05, 0.1) is 7.11 Å². The molecule has 1 N–H and O–H groups in total. The van der Waals surface area contributed by atoms with Crippen molar-refractivity contribution in [2.24, 2.45) is 0 Å². The highest BCUT2D eigenvalue weighted by atomic mass is 16.5. The van der Waals surface area contributed by atoms with Crippen molar-refractivity contribution in [3.8, 4) is 5.75 Å². The van der Waals surface area contributed by atoms with Gasteiger partial charge in [-0.25, -0.2) is 0 Å². The number of fused-ring (bicyclic) bond motifs is 5. The number of ketones is 1. The summed E-state index contributed by atoms with van der Waals surface area (Å²) in [6.07, 6.45) is -0.547. The lowest BCUT2D eigenvalue weighted by atomic mass is 9.95. The van der Waals surface area contributed by atoms with E-state index < -0.39 is 6.10 Å². The van der Waals surface area contributed by atoms with E-state index in [9.17, 15) is 9.90 Å². The molecule has 0 saturated heterocycles. The Balaban J connectivity index is 2.21. The molecule has 1 aliphatic rings. The van der Waals surface area contributed by atoms with Crippen LogP contribution in [0.2, 0.25) is 0 Å². The Hall–Kier alpha value is -2.39. The molecule has 1 atom stereocenters. The summed E-state index contributed by atoms with van der Waals surface area (Å²) in [6, 6.07) is 13.9. The van der Waals surface area contributed by atoms with E-state index in [-0.39, 0.29) is 5.78 Å². The molecule has 0 heterocycles. The van der Waals surface area contributed by atoms with E-state index in [1.165, 1.54) is 0 Å². The molecular formula is C18H14O3. The number of hydrogen-bond acceptors (Lipinski definition) is 3. The molecule has 21 heavy (non-hydrogen) atoms. The number of aliphatic hydroxyl groups excluding tert-OH is 1. The van der Waals surface area contributed by atoms with E-state index in [1.807, 2.05) is 24.3 Å². The molecular weight excluding hydrogens is 264 g/mol.